The van der Waals surface area contributed by atoms with Gasteiger partial charge in [0.1, 0.15) is 17.9 Å². The molecule has 1 heterocycles. The summed E-state index contributed by atoms with van der Waals surface area (Å²) in [5, 5.41) is 14.3. The largest absolute Gasteiger partial charge is 0.475 e. The van der Waals surface area contributed by atoms with Gasteiger partial charge in [0.2, 0.25) is 11.7 Å². The first-order valence-electron chi connectivity index (χ1n) is 11.1. The van der Waals surface area contributed by atoms with E-state index in [0.717, 1.165) is 22.3 Å². The third kappa shape index (κ3) is 4.52. The van der Waals surface area contributed by atoms with Crippen LogP contribution in [0.2, 0.25) is 0 Å². The van der Waals surface area contributed by atoms with Gasteiger partial charge in [-0.15, -0.1) is 0 Å². The standard InChI is InChI=1S/C26H26N2O6/c1-3-26(2,24(31)27-14-16-12-13-22(34-16)23(29)30)28-25(32)33-15-21-19-10-6-4-8-17(19)18-9-5-7-11-20(18)21/h4-13,21H,3,14-15H2,1-2H3,(H,27,31)(H,28,32)(H,29,30). The van der Waals surface area contributed by atoms with Crippen LogP contribution >= 0.6 is 0 Å². The van der Waals surface area contributed by atoms with E-state index in [1.165, 1.54) is 12.1 Å². The molecule has 4 rings (SSSR count). The molecule has 0 radical (unpaired) electrons. The molecular formula is C26H26N2O6. The molecule has 1 aliphatic rings. The van der Waals surface area contributed by atoms with Crippen LogP contribution in [0.4, 0.5) is 4.79 Å². The lowest BCUT2D eigenvalue weighted by Crippen LogP contribution is -2.56. The summed E-state index contributed by atoms with van der Waals surface area (Å²) in [5.41, 5.74) is 3.26. The van der Waals surface area contributed by atoms with Gasteiger partial charge in [-0.1, -0.05) is 55.5 Å². The number of hydrogen-bond donors (Lipinski definition) is 3. The first-order chi connectivity index (χ1) is 16.3. The summed E-state index contributed by atoms with van der Waals surface area (Å²) in [6.07, 6.45) is -0.366. The van der Waals surface area contributed by atoms with Gasteiger partial charge in [0.25, 0.3) is 0 Å². The molecule has 1 aliphatic carbocycles. The maximum Gasteiger partial charge on any atom is 0.408 e. The number of ether oxygens (including phenoxy) is 1. The first kappa shape index (κ1) is 23.1. The van der Waals surface area contributed by atoms with Crippen LogP contribution in [0.5, 0.6) is 0 Å². The second kappa shape index (κ2) is 9.43. The van der Waals surface area contributed by atoms with E-state index in [-0.39, 0.29) is 24.8 Å². The fourth-order valence-corrected chi connectivity index (χ4v) is 4.12. The Bertz CT molecular complexity index is 1190. The molecule has 2 amide bonds. The van der Waals surface area contributed by atoms with Crippen LogP contribution in [0.15, 0.2) is 65.1 Å². The number of carboxylic acids is 1. The van der Waals surface area contributed by atoms with Crippen molar-refractivity contribution in [2.75, 3.05) is 6.61 Å². The summed E-state index contributed by atoms with van der Waals surface area (Å²) in [6.45, 7) is 3.52. The molecule has 0 saturated carbocycles. The molecule has 0 saturated heterocycles. The smallest absolute Gasteiger partial charge is 0.408 e. The highest BCUT2D eigenvalue weighted by atomic mass is 16.5. The molecule has 3 N–H and O–H groups in total. The van der Waals surface area contributed by atoms with Gasteiger partial charge in [-0.25, -0.2) is 9.59 Å². The molecule has 176 valence electrons. The number of carbonyl (C=O) groups excluding carboxylic acids is 2. The van der Waals surface area contributed by atoms with E-state index in [1.807, 2.05) is 36.4 Å². The Morgan fingerprint density at radius 3 is 2.18 bits per heavy atom. The zero-order chi connectivity index (χ0) is 24.3. The van der Waals surface area contributed by atoms with Gasteiger partial charge < -0.3 is 24.9 Å². The minimum Gasteiger partial charge on any atom is -0.475 e. The number of fused-ring (bicyclic) bond motifs is 3. The van der Waals surface area contributed by atoms with Gasteiger partial charge in [-0.2, -0.15) is 0 Å². The second-order valence-corrected chi connectivity index (χ2v) is 8.39. The Balaban J connectivity index is 1.37. The SMILES string of the molecule is CCC(C)(NC(=O)OCC1c2ccccc2-c2ccccc21)C(=O)NCc1ccc(C(=O)O)o1. The molecule has 0 spiro atoms. The highest BCUT2D eigenvalue weighted by molar-refractivity contribution is 5.89. The lowest BCUT2D eigenvalue weighted by molar-refractivity contribution is -0.127. The summed E-state index contributed by atoms with van der Waals surface area (Å²) in [6, 6.07) is 18.9. The lowest BCUT2D eigenvalue weighted by atomic mass is 9.97. The first-order valence-corrected chi connectivity index (χ1v) is 11.1. The maximum atomic E-state index is 12.8. The van der Waals surface area contributed by atoms with Crippen LogP contribution in [0.3, 0.4) is 0 Å². The molecular weight excluding hydrogens is 436 g/mol. The van der Waals surface area contributed by atoms with Crippen molar-refractivity contribution < 1.29 is 28.6 Å². The number of aromatic carboxylic acids is 1. The second-order valence-electron chi connectivity index (χ2n) is 8.39. The zero-order valence-corrected chi connectivity index (χ0v) is 19.0. The van der Waals surface area contributed by atoms with Crippen molar-refractivity contribution in [1.29, 1.82) is 0 Å². The average Bonchev–Trinajstić information content (AvgIpc) is 3.44. The van der Waals surface area contributed by atoms with Crippen LogP contribution in [-0.4, -0.2) is 35.2 Å². The summed E-state index contributed by atoms with van der Waals surface area (Å²) in [4.78, 5) is 36.4. The van der Waals surface area contributed by atoms with Crippen molar-refractivity contribution in [2.45, 2.75) is 38.3 Å². The number of benzene rings is 2. The molecule has 1 aromatic heterocycles. The fourth-order valence-electron chi connectivity index (χ4n) is 4.12. The number of carboxylic acid groups (broad SMARTS) is 1. The fraction of sp³-hybridized carbons (Fsp3) is 0.269. The van der Waals surface area contributed by atoms with Crippen LogP contribution < -0.4 is 10.6 Å². The van der Waals surface area contributed by atoms with Crippen molar-refractivity contribution in [1.82, 2.24) is 10.6 Å². The minimum atomic E-state index is -1.22. The van der Waals surface area contributed by atoms with E-state index in [2.05, 4.69) is 22.8 Å². The number of furan rings is 1. The van der Waals surface area contributed by atoms with E-state index in [4.69, 9.17) is 14.3 Å². The van der Waals surface area contributed by atoms with Gasteiger partial charge in [0.15, 0.2) is 0 Å². The molecule has 0 aliphatic heterocycles. The Morgan fingerprint density at radius 1 is 1.00 bits per heavy atom. The van der Waals surface area contributed by atoms with Crippen LogP contribution in [-0.2, 0) is 16.1 Å². The van der Waals surface area contributed by atoms with E-state index in [9.17, 15) is 14.4 Å². The Hall–Kier alpha value is -4.07. The Morgan fingerprint density at radius 2 is 1.62 bits per heavy atom. The van der Waals surface area contributed by atoms with Crippen LogP contribution in [0.1, 0.15) is 53.6 Å². The van der Waals surface area contributed by atoms with Crippen LogP contribution in [0, 0.1) is 0 Å². The summed E-state index contributed by atoms with van der Waals surface area (Å²) in [5.74, 6) is -1.61. The molecule has 34 heavy (non-hydrogen) atoms. The number of alkyl carbamates (subject to hydrolysis) is 1. The number of amides is 2. The molecule has 2 aromatic carbocycles. The number of nitrogens with one attached hydrogen (secondary N) is 2. The average molecular weight is 463 g/mol. The van der Waals surface area contributed by atoms with E-state index >= 15 is 0 Å². The molecule has 1 unspecified atom stereocenters. The van der Waals surface area contributed by atoms with Crippen molar-refractivity contribution in [3.05, 3.63) is 83.3 Å². The zero-order valence-electron chi connectivity index (χ0n) is 19.0. The van der Waals surface area contributed by atoms with E-state index in [0.29, 0.717) is 12.2 Å². The minimum absolute atomic E-state index is 0.00588. The number of carbonyl (C=O) groups is 3. The molecule has 1 atom stereocenters. The molecule has 0 bridgehead atoms. The number of rotatable bonds is 8. The normalized spacial score (nSPS) is 13.9. The maximum absolute atomic E-state index is 12.8. The van der Waals surface area contributed by atoms with Gasteiger partial charge in [0.05, 0.1) is 6.54 Å². The molecule has 3 aromatic rings. The summed E-state index contributed by atoms with van der Waals surface area (Å²) in [7, 11) is 0. The van der Waals surface area contributed by atoms with E-state index in [1.54, 1.807) is 13.8 Å². The van der Waals surface area contributed by atoms with Crippen molar-refractivity contribution >= 4 is 18.0 Å². The Kier molecular flexibility index (Phi) is 6.40. The van der Waals surface area contributed by atoms with Gasteiger partial charge in [-0.3, -0.25) is 4.79 Å². The topological polar surface area (TPSA) is 118 Å². The van der Waals surface area contributed by atoms with Crippen molar-refractivity contribution in [2.24, 2.45) is 0 Å². The molecule has 8 heteroatoms. The van der Waals surface area contributed by atoms with Crippen LogP contribution in [0.25, 0.3) is 11.1 Å². The predicted octanol–water partition coefficient (Wildman–Crippen LogP) is 4.30. The molecule has 0 fully saturated rings. The van der Waals surface area contributed by atoms with Gasteiger partial charge in [0, 0.05) is 5.92 Å². The monoisotopic (exact) mass is 462 g/mol. The van der Waals surface area contributed by atoms with Gasteiger partial charge >= 0.3 is 12.1 Å². The van der Waals surface area contributed by atoms with Crippen molar-refractivity contribution in [3.63, 3.8) is 0 Å². The van der Waals surface area contributed by atoms with Crippen molar-refractivity contribution in [3.8, 4) is 11.1 Å². The highest BCUT2D eigenvalue weighted by Gasteiger charge is 2.35. The third-order valence-corrected chi connectivity index (χ3v) is 6.23. The Labute approximate surface area is 196 Å². The highest BCUT2D eigenvalue weighted by Crippen LogP contribution is 2.44. The molecule has 8 nitrogen and oxygen atoms in total. The summed E-state index contributed by atoms with van der Waals surface area (Å²) >= 11 is 0. The van der Waals surface area contributed by atoms with E-state index < -0.39 is 23.5 Å². The third-order valence-electron chi connectivity index (χ3n) is 6.23. The number of hydrogen-bond acceptors (Lipinski definition) is 5. The predicted molar refractivity (Wildman–Crippen MR) is 124 cm³/mol. The lowest BCUT2D eigenvalue weighted by Gasteiger charge is -2.28. The summed E-state index contributed by atoms with van der Waals surface area (Å²) < 4.78 is 10.7. The van der Waals surface area contributed by atoms with Gasteiger partial charge in [-0.05, 0) is 47.7 Å². The quantitative estimate of drug-likeness (QED) is 0.459.